The van der Waals surface area contributed by atoms with Crippen LogP contribution in [-0.4, -0.2) is 29.9 Å². The average Bonchev–Trinajstić information content (AvgIpc) is 2.99. The molecule has 1 aliphatic carbocycles. The van der Waals surface area contributed by atoms with Crippen LogP contribution in [-0.2, 0) is 10.2 Å². The Bertz CT molecular complexity index is 382. The summed E-state index contributed by atoms with van der Waals surface area (Å²) < 4.78 is 0.944. The topological polar surface area (TPSA) is 33.2 Å². The van der Waals surface area contributed by atoms with E-state index in [1.54, 1.807) is 25.2 Å². The first-order valence-corrected chi connectivity index (χ1v) is 5.69. The van der Waals surface area contributed by atoms with Gasteiger partial charge in [0.15, 0.2) is 0 Å². The maximum absolute atomic E-state index is 12.0. The van der Waals surface area contributed by atoms with Crippen molar-refractivity contribution < 1.29 is 4.79 Å². The normalized spacial score (nSPS) is 17.3. The van der Waals surface area contributed by atoms with E-state index < -0.39 is 0 Å². The fourth-order valence-electron chi connectivity index (χ4n) is 1.79. The summed E-state index contributed by atoms with van der Waals surface area (Å²) in [6.07, 6.45) is 3.58. The van der Waals surface area contributed by atoms with Gasteiger partial charge in [-0.25, -0.2) is 0 Å². The predicted molar refractivity (Wildman–Crippen MR) is 61.5 cm³/mol. The molecule has 1 amide bonds. The fourth-order valence-corrected chi connectivity index (χ4v) is 2.03. The Balaban J connectivity index is 2.30. The molecule has 0 N–H and O–H groups in total. The summed E-state index contributed by atoms with van der Waals surface area (Å²) >= 11 is 3.34. The Hall–Kier alpha value is -0.900. The van der Waals surface area contributed by atoms with Gasteiger partial charge in [-0.1, -0.05) is 0 Å². The van der Waals surface area contributed by atoms with Crippen molar-refractivity contribution in [2.75, 3.05) is 14.1 Å². The predicted octanol–water partition coefficient (Wildman–Crippen LogP) is 1.96. The molecule has 1 fully saturated rings. The van der Waals surface area contributed by atoms with Gasteiger partial charge in [0.25, 0.3) is 0 Å². The monoisotopic (exact) mass is 268 g/mol. The van der Waals surface area contributed by atoms with Gasteiger partial charge in [0.05, 0.1) is 11.1 Å². The third-order valence-electron chi connectivity index (χ3n) is 2.78. The molecule has 0 bridgehead atoms. The van der Waals surface area contributed by atoms with Gasteiger partial charge in [0.2, 0.25) is 5.91 Å². The fraction of sp³-hybridized carbons (Fsp3) is 0.455. The van der Waals surface area contributed by atoms with Crippen LogP contribution in [0.2, 0.25) is 0 Å². The van der Waals surface area contributed by atoms with E-state index in [0.29, 0.717) is 0 Å². The molecule has 0 aromatic carbocycles. The number of halogens is 1. The van der Waals surface area contributed by atoms with Crippen molar-refractivity contribution in [1.82, 2.24) is 9.88 Å². The molecule has 1 aliphatic rings. The molecule has 4 heteroatoms. The summed E-state index contributed by atoms with van der Waals surface area (Å²) in [6.45, 7) is 0. The van der Waals surface area contributed by atoms with Crippen molar-refractivity contribution in [3.8, 4) is 0 Å². The van der Waals surface area contributed by atoms with Crippen LogP contribution in [0.4, 0.5) is 0 Å². The lowest BCUT2D eigenvalue weighted by Gasteiger charge is -2.19. The third kappa shape index (κ3) is 1.78. The average molecular weight is 269 g/mol. The summed E-state index contributed by atoms with van der Waals surface area (Å²) in [7, 11) is 3.59. The molecule has 1 heterocycles. The van der Waals surface area contributed by atoms with E-state index in [9.17, 15) is 4.79 Å². The highest BCUT2D eigenvalue weighted by molar-refractivity contribution is 9.10. The van der Waals surface area contributed by atoms with E-state index >= 15 is 0 Å². The molecule has 0 aliphatic heterocycles. The number of amides is 1. The Labute approximate surface area is 97.6 Å². The molecule has 0 radical (unpaired) electrons. The molecule has 0 atom stereocenters. The molecule has 1 aromatic heterocycles. The van der Waals surface area contributed by atoms with E-state index in [2.05, 4.69) is 20.9 Å². The summed E-state index contributed by atoms with van der Waals surface area (Å²) in [5.41, 5.74) is 0.564. The van der Waals surface area contributed by atoms with Crippen molar-refractivity contribution >= 4 is 21.8 Å². The number of aromatic nitrogens is 1. The van der Waals surface area contributed by atoms with Gasteiger partial charge in [0.1, 0.15) is 0 Å². The lowest BCUT2D eigenvalue weighted by atomic mass is 10.0. The van der Waals surface area contributed by atoms with Crippen molar-refractivity contribution in [2.45, 2.75) is 18.3 Å². The Morgan fingerprint density at radius 1 is 1.47 bits per heavy atom. The highest BCUT2D eigenvalue weighted by Gasteiger charge is 2.53. The van der Waals surface area contributed by atoms with Crippen molar-refractivity contribution in [3.63, 3.8) is 0 Å². The van der Waals surface area contributed by atoms with Crippen LogP contribution < -0.4 is 0 Å². The zero-order valence-corrected chi connectivity index (χ0v) is 10.4. The molecule has 0 saturated heterocycles. The van der Waals surface area contributed by atoms with Gasteiger partial charge in [-0.3, -0.25) is 9.78 Å². The van der Waals surface area contributed by atoms with Crippen LogP contribution in [0.25, 0.3) is 0 Å². The van der Waals surface area contributed by atoms with E-state index in [4.69, 9.17) is 0 Å². The summed E-state index contributed by atoms with van der Waals surface area (Å²) in [6, 6.07) is 3.86. The van der Waals surface area contributed by atoms with E-state index in [1.807, 2.05) is 12.1 Å². The Kier molecular flexibility index (Phi) is 2.54. The smallest absolute Gasteiger partial charge is 0.234 e. The number of carbonyl (C=O) groups is 1. The number of rotatable bonds is 2. The minimum atomic E-state index is -0.329. The van der Waals surface area contributed by atoms with Gasteiger partial charge >= 0.3 is 0 Å². The van der Waals surface area contributed by atoms with E-state index in [0.717, 1.165) is 23.0 Å². The van der Waals surface area contributed by atoms with Crippen molar-refractivity contribution in [1.29, 1.82) is 0 Å². The number of hydrogen-bond acceptors (Lipinski definition) is 2. The lowest BCUT2D eigenvalue weighted by molar-refractivity contribution is -0.131. The summed E-state index contributed by atoms with van der Waals surface area (Å²) in [5, 5.41) is 0. The molecule has 1 saturated carbocycles. The van der Waals surface area contributed by atoms with Crippen LogP contribution in [0.1, 0.15) is 18.5 Å². The molecule has 0 spiro atoms. The first kappa shape index (κ1) is 10.6. The zero-order valence-electron chi connectivity index (χ0n) is 8.83. The molecule has 1 aromatic rings. The van der Waals surface area contributed by atoms with Crippen LogP contribution in [0.3, 0.4) is 0 Å². The first-order chi connectivity index (χ1) is 7.06. The first-order valence-electron chi connectivity index (χ1n) is 4.90. The second kappa shape index (κ2) is 3.59. The Morgan fingerprint density at radius 2 is 2.13 bits per heavy atom. The maximum atomic E-state index is 12.0. The van der Waals surface area contributed by atoms with E-state index in [-0.39, 0.29) is 11.3 Å². The quantitative estimate of drug-likeness (QED) is 0.822. The molecule has 15 heavy (non-hydrogen) atoms. The standard InChI is InChI=1S/C11H13BrN2O/c1-14(2)10(15)11(5-6-11)9-4-3-8(12)7-13-9/h3-4,7H,5-6H2,1-2H3. The number of pyridine rings is 1. The van der Waals surface area contributed by atoms with Gasteiger partial charge in [-0.2, -0.15) is 0 Å². The lowest BCUT2D eigenvalue weighted by Crippen LogP contribution is -2.34. The highest BCUT2D eigenvalue weighted by Crippen LogP contribution is 2.48. The molecule has 3 nitrogen and oxygen atoms in total. The number of likely N-dealkylation sites (N-methyl/N-ethyl adjacent to an activating group) is 1. The van der Waals surface area contributed by atoms with Crippen LogP contribution >= 0.6 is 15.9 Å². The van der Waals surface area contributed by atoms with Crippen LogP contribution in [0.15, 0.2) is 22.8 Å². The van der Waals surface area contributed by atoms with Crippen molar-refractivity contribution in [3.05, 3.63) is 28.5 Å². The van der Waals surface area contributed by atoms with Gasteiger partial charge in [0, 0.05) is 24.8 Å². The molecule has 80 valence electrons. The van der Waals surface area contributed by atoms with Crippen molar-refractivity contribution in [2.24, 2.45) is 0 Å². The molecular weight excluding hydrogens is 256 g/mol. The van der Waals surface area contributed by atoms with Gasteiger partial charge in [-0.05, 0) is 40.9 Å². The highest BCUT2D eigenvalue weighted by atomic mass is 79.9. The summed E-state index contributed by atoms with van der Waals surface area (Å²) in [4.78, 5) is 18.0. The third-order valence-corrected chi connectivity index (χ3v) is 3.25. The maximum Gasteiger partial charge on any atom is 0.234 e. The SMILES string of the molecule is CN(C)C(=O)C1(c2ccc(Br)cn2)CC1. The number of nitrogens with zero attached hydrogens (tertiary/aromatic N) is 2. The second-order valence-corrected chi connectivity index (χ2v) is 5.06. The zero-order chi connectivity index (χ0) is 11.1. The number of hydrogen-bond donors (Lipinski definition) is 0. The van der Waals surface area contributed by atoms with Crippen LogP contribution in [0.5, 0.6) is 0 Å². The minimum Gasteiger partial charge on any atom is -0.348 e. The van der Waals surface area contributed by atoms with Crippen LogP contribution in [0, 0.1) is 0 Å². The minimum absolute atomic E-state index is 0.164. The Morgan fingerprint density at radius 3 is 2.53 bits per heavy atom. The van der Waals surface area contributed by atoms with E-state index in [1.165, 1.54) is 0 Å². The molecular formula is C11H13BrN2O. The number of carbonyl (C=O) groups excluding carboxylic acids is 1. The largest absolute Gasteiger partial charge is 0.348 e. The second-order valence-electron chi connectivity index (χ2n) is 4.14. The van der Waals surface area contributed by atoms with Gasteiger partial charge in [-0.15, -0.1) is 0 Å². The molecule has 2 rings (SSSR count). The van der Waals surface area contributed by atoms with Gasteiger partial charge < -0.3 is 4.90 Å². The molecule has 0 unspecified atom stereocenters. The summed E-state index contributed by atoms with van der Waals surface area (Å²) in [5.74, 6) is 0.164.